The van der Waals surface area contributed by atoms with Crippen LogP contribution in [0.4, 0.5) is 5.82 Å². The molecule has 8 nitrogen and oxygen atoms in total. The molecule has 10 heteroatoms. The summed E-state index contributed by atoms with van der Waals surface area (Å²) in [5.41, 5.74) is 1.83. The predicted molar refractivity (Wildman–Crippen MR) is 135 cm³/mol. The molecule has 0 bridgehead atoms. The van der Waals surface area contributed by atoms with Crippen molar-refractivity contribution in [3.8, 4) is 0 Å². The molecule has 34 heavy (non-hydrogen) atoms. The standard InChI is InChI=1S/C24H32BrN5O3S/c1-15-12-18(31)22-21(15)23(28-14-27-22)29-6-8-30(9-7-29)24(32)17(19-2-3-20(25)34-19)13-26-16-4-10-33-11-5-16/h2-3,14-18,26,31H,4-13H2,1H3/t15-,17?,18+/m1/s1. The Balaban J connectivity index is 1.26. The highest BCUT2D eigenvalue weighted by molar-refractivity contribution is 9.11. The number of ether oxygens (including phenoxy) is 1. The molecule has 2 saturated heterocycles. The van der Waals surface area contributed by atoms with E-state index in [-0.39, 0.29) is 17.7 Å². The van der Waals surface area contributed by atoms with Crippen LogP contribution in [0.3, 0.4) is 0 Å². The molecule has 5 rings (SSSR count). The van der Waals surface area contributed by atoms with Crippen molar-refractivity contribution in [1.29, 1.82) is 0 Å². The van der Waals surface area contributed by atoms with Gasteiger partial charge in [0.15, 0.2) is 0 Å². The molecule has 2 fully saturated rings. The minimum Gasteiger partial charge on any atom is -0.387 e. The van der Waals surface area contributed by atoms with Gasteiger partial charge in [-0.2, -0.15) is 0 Å². The van der Waals surface area contributed by atoms with Crippen molar-refractivity contribution in [3.63, 3.8) is 0 Å². The third-order valence-corrected chi connectivity index (χ3v) is 8.97. The number of fused-ring (bicyclic) bond motifs is 1. The summed E-state index contributed by atoms with van der Waals surface area (Å²) in [5, 5.41) is 14.0. The Bertz CT molecular complexity index is 1010. The van der Waals surface area contributed by atoms with Gasteiger partial charge in [-0.05, 0) is 53.2 Å². The first-order valence-electron chi connectivity index (χ1n) is 12.1. The first kappa shape index (κ1) is 24.1. The van der Waals surface area contributed by atoms with Crippen LogP contribution in [0.25, 0.3) is 0 Å². The maximum Gasteiger partial charge on any atom is 0.232 e. The largest absolute Gasteiger partial charge is 0.387 e. The number of rotatable bonds is 6. The number of anilines is 1. The van der Waals surface area contributed by atoms with Crippen LogP contribution in [0.15, 0.2) is 22.2 Å². The number of hydrogen-bond donors (Lipinski definition) is 2. The van der Waals surface area contributed by atoms with Crippen molar-refractivity contribution < 1.29 is 14.6 Å². The minimum absolute atomic E-state index is 0.185. The highest BCUT2D eigenvalue weighted by Gasteiger charge is 2.35. The van der Waals surface area contributed by atoms with Gasteiger partial charge in [0.25, 0.3) is 0 Å². The molecule has 0 spiro atoms. The number of piperazine rings is 1. The van der Waals surface area contributed by atoms with E-state index in [0.29, 0.717) is 32.1 Å². The number of nitrogens with zero attached hydrogens (tertiary/aromatic N) is 4. The van der Waals surface area contributed by atoms with Gasteiger partial charge in [0.2, 0.25) is 5.91 Å². The van der Waals surface area contributed by atoms with E-state index < -0.39 is 6.10 Å². The maximum atomic E-state index is 13.7. The molecular weight excluding hydrogens is 518 g/mol. The second-order valence-electron chi connectivity index (χ2n) is 9.45. The molecule has 4 heterocycles. The topological polar surface area (TPSA) is 90.8 Å². The smallest absolute Gasteiger partial charge is 0.232 e. The molecule has 2 N–H and O–H groups in total. The van der Waals surface area contributed by atoms with Gasteiger partial charge in [-0.3, -0.25) is 4.79 Å². The van der Waals surface area contributed by atoms with Crippen molar-refractivity contribution >= 4 is 39.0 Å². The Morgan fingerprint density at radius 1 is 1.26 bits per heavy atom. The zero-order valence-electron chi connectivity index (χ0n) is 19.5. The number of thiophene rings is 1. The molecular formula is C24H32BrN5O3S. The highest BCUT2D eigenvalue weighted by Crippen LogP contribution is 2.42. The summed E-state index contributed by atoms with van der Waals surface area (Å²) >= 11 is 5.20. The van der Waals surface area contributed by atoms with Crippen LogP contribution in [-0.4, -0.2) is 77.9 Å². The van der Waals surface area contributed by atoms with Gasteiger partial charge in [-0.15, -0.1) is 11.3 Å². The molecule has 1 unspecified atom stereocenters. The number of carbonyl (C=O) groups is 1. The van der Waals surface area contributed by atoms with E-state index in [0.717, 1.165) is 64.9 Å². The van der Waals surface area contributed by atoms with E-state index in [1.165, 1.54) is 0 Å². The number of aromatic nitrogens is 2. The number of nitrogens with one attached hydrogen (secondary N) is 1. The van der Waals surface area contributed by atoms with E-state index in [1.807, 2.05) is 11.0 Å². The van der Waals surface area contributed by atoms with Crippen LogP contribution in [0.2, 0.25) is 0 Å². The number of halogens is 1. The molecule has 0 radical (unpaired) electrons. The van der Waals surface area contributed by atoms with Crippen molar-refractivity contribution in [1.82, 2.24) is 20.2 Å². The fourth-order valence-electron chi connectivity index (χ4n) is 5.32. The average Bonchev–Trinajstić information content (AvgIpc) is 3.42. The molecule has 0 saturated carbocycles. The van der Waals surface area contributed by atoms with Crippen LogP contribution in [0, 0.1) is 0 Å². The van der Waals surface area contributed by atoms with Crippen molar-refractivity contribution in [2.75, 3.05) is 50.8 Å². The summed E-state index contributed by atoms with van der Waals surface area (Å²) in [7, 11) is 0. The van der Waals surface area contributed by atoms with Crippen LogP contribution in [0.5, 0.6) is 0 Å². The fraction of sp³-hybridized carbons (Fsp3) is 0.625. The summed E-state index contributed by atoms with van der Waals surface area (Å²) < 4.78 is 6.52. The third kappa shape index (κ3) is 5.02. The van der Waals surface area contributed by atoms with Crippen molar-refractivity contribution in [2.24, 2.45) is 0 Å². The number of aliphatic hydroxyl groups is 1. The molecule has 2 aromatic heterocycles. The van der Waals surface area contributed by atoms with Crippen molar-refractivity contribution in [3.05, 3.63) is 38.4 Å². The van der Waals surface area contributed by atoms with Crippen LogP contribution < -0.4 is 10.2 Å². The molecule has 184 valence electrons. The second-order valence-corrected chi connectivity index (χ2v) is 11.9. The summed E-state index contributed by atoms with van der Waals surface area (Å²) in [6.07, 6.45) is 3.72. The van der Waals surface area contributed by atoms with Gasteiger partial charge < -0.3 is 25.0 Å². The van der Waals surface area contributed by atoms with E-state index in [4.69, 9.17) is 4.74 Å². The summed E-state index contributed by atoms with van der Waals surface area (Å²) in [6, 6.07) is 4.50. The Morgan fingerprint density at radius 2 is 2.03 bits per heavy atom. The Hall–Kier alpha value is -1.59. The molecule has 1 aliphatic carbocycles. The zero-order valence-corrected chi connectivity index (χ0v) is 21.9. The van der Waals surface area contributed by atoms with Crippen LogP contribution in [0.1, 0.15) is 60.3 Å². The van der Waals surface area contributed by atoms with Gasteiger partial charge in [0, 0.05) is 62.4 Å². The fourth-order valence-corrected chi connectivity index (χ4v) is 6.84. The molecule has 3 aliphatic rings. The second kappa shape index (κ2) is 10.6. The Labute approximate surface area is 212 Å². The zero-order chi connectivity index (χ0) is 23.7. The first-order chi connectivity index (χ1) is 16.5. The lowest BCUT2D eigenvalue weighted by Gasteiger charge is -2.38. The normalized spacial score (nSPS) is 24.3. The van der Waals surface area contributed by atoms with E-state index in [9.17, 15) is 9.90 Å². The van der Waals surface area contributed by atoms with Gasteiger partial charge >= 0.3 is 0 Å². The molecule has 0 aromatic carbocycles. The minimum atomic E-state index is -0.510. The predicted octanol–water partition coefficient (Wildman–Crippen LogP) is 3.04. The highest BCUT2D eigenvalue weighted by atomic mass is 79.9. The number of carbonyl (C=O) groups excluding carboxylic acids is 1. The molecule has 2 aromatic rings. The van der Waals surface area contributed by atoms with E-state index in [1.54, 1.807) is 17.7 Å². The Morgan fingerprint density at radius 3 is 2.74 bits per heavy atom. The summed E-state index contributed by atoms with van der Waals surface area (Å²) in [4.78, 5) is 27.9. The molecule has 1 amide bonds. The van der Waals surface area contributed by atoms with E-state index in [2.05, 4.69) is 49.1 Å². The lowest BCUT2D eigenvalue weighted by molar-refractivity contribution is -0.133. The van der Waals surface area contributed by atoms with Crippen molar-refractivity contribution in [2.45, 2.75) is 50.2 Å². The van der Waals surface area contributed by atoms with E-state index >= 15 is 0 Å². The number of hydrogen-bond acceptors (Lipinski definition) is 8. The monoisotopic (exact) mass is 549 g/mol. The lowest BCUT2D eigenvalue weighted by Crippen LogP contribution is -2.51. The van der Waals surface area contributed by atoms with Gasteiger partial charge in [-0.25, -0.2) is 9.97 Å². The third-order valence-electron chi connectivity index (χ3n) is 7.24. The number of amides is 1. The van der Waals surface area contributed by atoms with Gasteiger partial charge in [0.1, 0.15) is 12.1 Å². The average molecular weight is 551 g/mol. The first-order valence-corrected chi connectivity index (χ1v) is 13.7. The van der Waals surface area contributed by atoms with Gasteiger partial charge in [0.05, 0.1) is 21.5 Å². The summed E-state index contributed by atoms with van der Waals surface area (Å²) in [5.74, 6) is 1.15. The quantitative estimate of drug-likeness (QED) is 0.572. The van der Waals surface area contributed by atoms with Gasteiger partial charge in [-0.1, -0.05) is 6.92 Å². The van der Waals surface area contributed by atoms with Crippen LogP contribution >= 0.6 is 27.3 Å². The van der Waals surface area contributed by atoms with Crippen LogP contribution in [-0.2, 0) is 9.53 Å². The lowest BCUT2D eigenvalue weighted by atomic mass is 10.0. The molecule has 3 atom stereocenters. The number of aliphatic hydroxyl groups excluding tert-OH is 1. The SMILES string of the molecule is C[C@@H]1C[C@H](O)c2ncnc(N3CCN(C(=O)C(CNC4CCOCC4)c4ccc(Br)s4)CC3)c21. The summed E-state index contributed by atoms with van der Waals surface area (Å²) in [6.45, 7) is 7.11. The Kier molecular flexibility index (Phi) is 7.50. The molecule has 2 aliphatic heterocycles. The maximum absolute atomic E-state index is 13.7.